The highest BCUT2D eigenvalue weighted by Crippen LogP contribution is 2.09. The molecule has 1 N–H and O–H groups in total. The monoisotopic (exact) mass is 304 g/mol. The predicted molar refractivity (Wildman–Crippen MR) is 86.5 cm³/mol. The average Bonchev–Trinajstić information content (AvgIpc) is 2.36. The molecule has 0 heterocycles. The Hall–Kier alpha value is 1.03. The topological polar surface area (TPSA) is 37.3 Å². The number of thiol groups is 1. The van der Waals surface area contributed by atoms with E-state index in [1.807, 2.05) is 18.8 Å². The van der Waals surface area contributed by atoms with E-state index in [2.05, 4.69) is 12.6 Å². The summed E-state index contributed by atoms with van der Waals surface area (Å²) in [5, 5.41) is 8.94. The van der Waals surface area contributed by atoms with Gasteiger partial charge >= 0.3 is 0 Å². The van der Waals surface area contributed by atoms with Crippen LogP contribution in [-0.4, -0.2) is 53.4 Å². The van der Waals surface area contributed by atoms with Gasteiger partial charge in [0.25, 0.3) is 0 Å². The van der Waals surface area contributed by atoms with Gasteiger partial charge in [0.1, 0.15) is 6.29 Å². The molecule has 0 aromatic carbocycles. The minimum atomic E-state index is -0.151. The van der Waals surface area contributed by atoms with Gasteiger partial charge in [-0.3, -0.25) is 0 Å². The minimum Gasteiger partial charge on any atom is -0.382 e. The third-order valence-corrected chi connectivity index (χ3v) is 3.35. The lowest BCUT2D eigenvalue weighted by atomic mass is 10.5. The Labute approximate surface area is 119 Å². The highest BCUT2D eigenvalue weighted by atomic mass is 32.2. The number of rotatable bonds is 7. The molecule has 100 valence electrons. The van der Waals surface area contributed by atoms with Crippen LogP contribution in [0.5, 0.6) is 0 Å². The molecule has 1 unspecified atom stereocenters. The molecule has 6 heteroatoms. The van der Waals surface area contributed by atoms with Gasteiger partial charge in [-0.05, 0) is 42.9 Å². The van der Waals surface area contributed by atoms with Gasteiger partial charge in [-0.1, -0.05) is 0 Å². The van der Waals surface area contributed by atoms with Crippen molar-refractivity contribution in [3.05, 3.63) is 0 Å². The van der Waals surface area contributed by atoms with Crippen molar-refractivity contribution in [1.29, 1.82) is 0 Å². The van der Waals surface area contributed by atoms with Gasteiger partial charge in [0.15, 0.2) is 0 Å². The molecule has 0 aliphatic heterocycles. The molecule has 0 saturated carbocycles. The number of hydrogen-bond acceptors (Lipinski definition) is 6. The van der Waals surface area contributed by atoms with Gasteiger partial charge in [-0.15, -0.1) is 11.8 Å². The van der Waals surface area contributed by atoms with Crippen LogP contribution in [-0.2, 0) is 4.79 Å². The standard InChI is InChI=1S/C5H12OS2.C4H8OS.CH4S/c1-7-4-3-5(6)8-2;1-6-4-2-3-5;1-2/h5-6H,3-4H2,1-2H3;3H,2,4H2,1H3;2H,1H3. The van der Waals surface area contributed by atoms with Crippen molar-refractivity contribution in [3.8, 4) is 0 Å². The Morgan fingerprint density at radius 3 is 1.94 bits per heavy atom. The molecule has 0 aromatic rings. The lowest BCUT2D eigenvalue weighted by molar-refractivity contribution is -0.107. The average molecular weight is 305 g/mol. The second-order valence-corrected chi connectivity index (χ2v) is 5.41. The molecule has 16 heavy (non-hydrogen) atoms. The van der Waals surface area contributed by atoms with Gasteiger partial charge in [0, 0.05) is 6.42 Å². The van der Waals surface area contributed by atoms with Crippen LogP contribution in [0.2, 0.25) is 0 Å². The van der Waals surface area contributed by atoms with E-state index in [1.165, 1.54) is 11.8 Å². The molecule has 1 atom stereocenters. The minimum absolute atomic E-state index is 0.151. The second kappa shape index (κ2) is 25.0. The van der Waals surface area contributed by atoms with E-state index in [4.69, 9.17) is 5.11 Å². The van der Waals surface area contributed by atoms with Gasteiger partial charge in [0.2, 0.25) is 0 Å². The normalized spacial score (nSPS) is 10.4. The van der Waals surface area contributed by atoms with Crippen LogP contribution in [0.15, 0.2) is 0 Å². The van der Waals surface area contributed by atoms with E-state index in [9.17, 15) is 4.79 Å². The molecule has 0 rings (SSSR count). The largest absolute Gasteiger partial charge is 0.382 e. The van der Waals surface area contributed by atoms with Gasteiger partial charge in [-0.2, -0.15) is 36.2 Å². The lowest BCUT2D eigenvalue weighted by Gasteiger charge is -2.03. The van der Waals surface area contributed by atoms with Crippen LogP contribution in [0, 0.1) is 0 Å². The van der Waals surface area contributed by atoms with Gasteiger partial charge in [-0.25, -0.2) is 0 Å². The van der Waals surface area contributed by atoms with E-state index >= 15 is 0 Å². The summed E-state index contributed by atoms with van der Waals surface area (Å²) in [6.45, 7) is 0. The first-order chi connectivity index (χ1) is 7.72. The summed E-state index contributed by atoms with van der Waals surface area (Å²) in [4.78, 5) is 9.55. The smallest absolute Gasteiger partial charge is 0.120 e. The zero-order valence-electron chi connectivity index (χ0n) is 10.5. The molecule has 0 radical (unpaired) electrons. The number of aliphatic hydroxyl groups is 1. The van der Waals surface area contributed by atoms with Crippen molar-refractivity contribution in [3.63, 3.8) is 0 Å². The summed E-state index contributed by atoms with van der Waals surface area (Å²) in [5.41, 5.74) is -0.151. The summed E-state index contributed by atoms with van der Waals surface area (Å²) < 4.78 is 0. The zero-order chi connectivity index (χ0) is 13.2. The van der Waals surface area contributed by atoms with Crippen molar-refractivity contribution in [2.45, 2.75) is 18.3 Å². The van der Waals surface area contributed by atoms with E-state index in [-0.39, 0.29) is 5.44 Å². The summed E-state index contributed by atoms with van der Waals surface area (Å²) in [6, 6.07) is 0. The molecule has 0 saturated heterocycles. The summed E-state index contributed by atoms with van der Waals surface area (Å²) in [5.74, 6) is 2.02. The quantitative estimate of drug-likeness (QED) is 0.327. The molecular formula is C10H24O2S4. The lowest BCUT2D eigenvalue weighted by Crippen LogP contribution is -1.99. The Morgan fingerprint density at radius 2 is 1.69 bits per heavy atom. The molecule has 0 bridgehead atoms. The van der Waals surface area contributed by atoms with Crippen molar-refractivity contribution in [2.24, 2.45) is 0 Å². The molecule has 0 spiro atoms. The summed E-state index contributed by atoms with van der Waals surface area (Å²) in [6.07, 6.45) is 10.2. The number of thioether (sulfide) groups is 3. The van der Waals surface area contributed by atoms with E-state index in [0.29, 0.717) is 6.42 Å². The first-order valence-corrected chi connectivity index (χ1v) is 9.77. The maximum Gasteiger partial charge on any atom is 0.120 e. The number of carbonyl (C=O) groups is 1. The van der Waals surface area contributed by atoms with Gasteiger partial charge < -0.3 is 9.90 Å². The molecular weight excluding hydrogens is 280 g/mol. The number of aldehydes is 1. The molecule has 2 nitrogen and oxygen atoms in total. The van der Waals surface area contributed by atoms with Crippen LogP contribution < -0.4 is 0 Å². The highest BCUT2D eigenvalue weighted by Gasteiger charge is 1.97. The van der Waals surface area contributed by atoms with Crippen LogP contribution >= 0.6 is 47.9 Å². The molecule has 0 aliphatic rings. The van der Waals surface area contributed by atoms with Crippen LogP contribution in [0.3, 0.4) is 0 Å². The van der Waals surface area contributed by atoms with E-state index in [0.717, 1.165) is 24.2 Å². The zero-order valence-corrected chi connectivity index (χ0v) is 13.9. The fraction of sp³-hybridized carbons (Fsp3) is 0.900. The molecule has 0 aliphatic carbocycles. The molecule has 0 aromatic heterocycles. The fourth-order valence-corrected chi connectivity index (χ4v) is 1.80. The first-order valence-electron chi connectivity index (χ1n) is 4.80. The number of carbonyl (C=O) groups excluding carboxylic acids is 1. The maximum absolute atomic E-state index is 9.55. The maximum atomic E-state index is 9.55. The Morgan fingerprint density at radius 1 is 1.19 bits per heavy atom. The van der Waals surface area contributed by atoms with Crippen LogP contribution in [0.25, 0.3) is 0 Å². The molecule has 0 amide bonds. The molecule has 0 fully saturated rings. The van der Waals surface area contributed by atoms with Crippen molar-refractivity contribution in [2.75, 3.05) is 36.5 Å². The van der Waals surface area contributed by atoms with E-state index < -0.39 is 0 Å². The Kier molecular flexibility index (Phi) is 34.8. The van der Waals surface area contributed by atoms with Gasteiger partial charge in [0.05, 0.1) is 5.44 Å². The third kappa shape index (κ3) is 29.4. The van der Waals surface area contributed by atoms with Crippen LogP contribution in [0.1, 0.15) is 12.8 Å². The number of aliphatic hydroxyl groups excluding tert-OH is 1. The second-order valence-electron chi connectivity index (χ2n) is 2.42. The van der Waals surface area contributed by atoms with Crippen LogP contribution in [0.4, 0.5) is 0 Å². The Balaban J connectivity index is -0.000000188. The fourth-order valence-electron chi connectivity index (χ4n) is 0.502. The summed E-state index contributed by atoms with van der Waals surface area (Å²) in [7, 11) is 0. The highest BCUT2D eigenvalue weighted by molar-refractivity contribution is 7.99. The Bertz CT molecular complexity index is 115. The third-order valence-electron chi connectivity index (χ3n) is 1.28. The first kappa shape index (κ1) is 22.2. The van der Waals surface area contributed by atoms with Crippen molar-refractivity contribution >= 4 is 54.2 Å². The SMILES string of the molecule is CS.CSCCC(O)SC.CSCCC=O. The van der Waals surface area contributed by atoms with Crippen molar-refractivity contribution in [1.82, 2.24) is 0 Å². The predicted octanol–water partition coefficient (Wildman–Crippen LogP) is 2.91. The number of hydrogen-bond donors (Lipinski definition) is 2. The van der Waals surface area contributed by atoms with E-state index in [1.54, 1.807) is 29.8 Å². The van der Waals surface area contributed by atoms with Crippen molar-refractivity contribution < 1.29 is 9.90 Å². The summed E-state index contributed by atoms with van der Waals surface area (Å²) >= 11 is 8.50.